The molecule has 1 aromatic carbocycles. The monoisotopic (exact) mass is 331 g/mol. The molecule has 6 heteroatoms. The highest BCUT2D eigenvalue weighted by Crippen LogP contribution is 2.23. The molecule has 0 saturated heterocycles. The Morgan fingerprint density at radius 3 is 2.82 bits per heavy atom. The van der Waals surface area contributed by atoms with Crippen molar-refractivity contribution in [1.82, 2.24) is 0 Å². The van der Waals surface area contributed by atoms with Crippen LogP contribution in [0.2, 0.25) is 0 Å². The molecule has 0 saturated carbocycles. The van der Waals surface area contributed by atoms with Gasteiger partial charge in [0.25, 0.3) is 5.91 Å². The lowest BCUT2D eigenvalue weighted by molar-refractivity contribution is 0.103. The molecule has 2 aromatic rings. The maximum atomic E-state index is 13.4. The van der Waals surface area contributed by atoms with E-state index in [1.807, 2.05) is 0 Å². The lowest BCUT2D eigenvalue weighted by Gasteiger charge is -2.05. The summed E-state index contributed by atoms with van der Waals surface area (Å²) in [6.45, 7) is 0. The van der Waals surface area contributed by atoms with Gasteiger partial charge in [-0.2, -0.15) is 0 Å². The summed E-state index contributed by atoms with van der Waals surface area (Å²) < 4.78 is 14.1. The van der Waals surface area contributed by atoms with Crippen molar-refractivity contribution < 1.29 is 9.18 Å². The van der Waals surface area contributed by atoms with E-state index in [2.05, 4.69) is 33.9 Å². The normalized spacial score (nSPS) is 10.3. The molecule has 0 aliphatic rings. The van der Waals surface area contributed by atoms with Gasteiger partial charge in [0.2, 0.25) is 0 Å². The number of nitrogens with one attached hydrogen (secondary N) is 1. The minimum Gasteiger partial charge on any atom is -0.319 e. The van der Waals surface area contributed by atoms with Gasteiger partial charge < -0.3 is 5.32 Å². The van der Waals surface area contributed by atoms with Crippen LogP contribution in [0.25, 0.3) is 0 Å². The fraction of sp³-hybridized carbons (Fsp3) is 0. The highest BCUT2D eigenvalue weighted by molar-refractivity contribution is 9.10. The Kier molecular flexibility index (Phi) is 3.86. The molecule has 0 fully saturated rings. The van der Waals surface area contributed by atoms with Crippen molar-refractivity contribution in [2.45, 2.75) is 4.90 Å². The van der Waals surface area contributed by atoms with Crippen molar-refractivity contribution in [3.05, 3.63) is 44.8 Å². The summed E-state index contributed by atoms with van der Waals surface area (Å²) in [5.41, 5.74) is 0.151. The zero-order chi connectivity index (χ0) is 12.4. The van der Waals surface area contributed by atoms with Crippen LogP contribution in [0.3, 0.4) is 0 Å². The Morgan fingerprint density at radius 1 is 1.41 bits per heavy atom. The largest absolute Gasteiger partial charge is 0.319 e. The van der Waals surface area contributed by atoms with Gasteiger partial charge >= 0.3 is 0 Å². The predicted octanol–water partition coefficient (Wildman–Crippen LogP) is 4.19. The van der Waals surface area contributed by atoms with Crippen LogP contribution in [-0.4, -0.2) is 5.91 Å². The van der Waals surface area contributed by atoms with Crippen molar-refractivity contribution in [2.24, 2.45) is 0 Å². The first kappa shape index (κ1) is 12.6. The zero-order valence-electron chi connectivity index (χ0n) is 8.41. The number of carbonyl (C=O) groups excluding carboxylic acids is 1. The second-order valence-corrected chi connectivity index (χ2v) is 5.59. The number of halogens is 2. The van der Waals surface area contributed by atoms with Crippen molar-refractivity contribution in [1.29, 1.82) is 0 Å². The Balaban J connectivity index is 2.21. The van der Waals surface area contributed by atoms with Gasteiger partial charge in [0.1, 0.15) is 5.82 Å². The summed E-state index contributed by atoms with van der Waals surface area (Å²) in [4.78, 5) is 13.0. The molecule has 2 nitrogen and oxygen atoms in total. The van der Waals surface area contributed by atoms with Crippen LogP contribution in [0.15, 0.2) is 39.0 Å². The minimum absolute atomic E-state index is 0.151. The highest BCUT2D eigenvalue weighted by atomic mass is 79.9. The molecule has 17 heavy (non-hydrogen) atoms. The number of amides is 1. The number of benzene rings is 1. The molecule has 0 radical (unpaired) electrons. The van der Waals surface area contributed by atoms with E-state index >= 15 is 0 Å². The second-order valence-electron chi connectivity index (χ2n) is 3.25. The van der Waals surface area contributed by atoms with Crippen LogP contribution in [0.1, 0.15) is 9.67 Å². The van der Waals surface area contributed by atoms with E-state index in [0.717, 1.165) is 4.90 Å². The zero-order valence-corrected chi connectivity index (χ0v) is 11.7. The summed E-state index contributed by atoms with van der Waals surface area (Å²) in [5, 5.41) is 4.26. The van der Waals surface area contributed by atoms with Gasteiger partial charge in [-0.3, -0.25) is 4.79 Å². The molecule has 0 unspecified atom stereocenters. The first-order chi connectivity index (χ1) is 8.06. The first-order valence-electron chi connectivity index (χ1n) is 4.60. The molecule has 2 rings (SSSR count). The van der Waals surface area contributed by atoms with Crippen LogP contribution in [0.5, 0.6) is 0 Å². The second kappa shape index (κ2) is 5.20. The van der Waals surface area contributed by atoms with Crippen molar-refractivity contribution in [3.8, 4) is 0 Å². The topological polar surface area (TPSA) is 29.1 Å². The third-order valence-corrected chi connectivity index (χ3v) is 3.84. The molecule has 0 atom stereocenters. The van der Waals surface area contributed by atoms with E-state index in [-0.39, 0.29) is 11.6 Å². The number of thiophene rings is 1. The van der Waals surface area contributed by atoms with Crippen LogP contribution >= 0.6 is 39.9 Å². The highest BCUT2D eigenvalue weighted by Gasteiger charge is 2.11. The molecular formula is C11H7BrFNOS2. The fourth-order valence-electron chi connectivity index (χ4n) is 1.22. The molecule has 0 bridgehead atoms. The van der Waals surface area contributed by atoms with E-state index in [1.165, 1.54) is 23.5 Å². The number of rotatable bonds is 2. The van der Waals surface area contributed by atoms with Gasteiger partial charge in [0.05, 0.1) is 10.6 Å². The fourth-order valence-corrected chi connectivity index (χ4v) is 2.63. The van der Waals surface area contributed by atoms with Gasteiger partial charge in [-0.05, 0) is 24.3 Å². The standard InChI is InChI=1S/C11H7BrFNOS2/c12-6-1-2-8(13)9(3-6)14-11(15)10-4-7(16)5-17-10/h1-5,16H,(H,14,15). The summed E-state index contributed by atoms with van der Waals surface area (Å²) in [5.74, 6) is -0.809. The van der Waals surface area contributed by atoms with E-state index in [9.17, 15) is 9.18 Å². The van der Waals surface area contributed by atoms with Crippen LogP contribution < -0.4 is 5.32 Å². The van der Waals surface area contributed by atoms with Crippen molar-refractivity contribution >= 4 is 51.5 Å². The lowest BCUT2D eigenvalue weighted by Crippen LogP contribution is -2.11. The predicted molar refractivity (Wildman–Crippen MR) is 73.6 cm³/mol. The Labute approximate surface area is 115 Å². The maximum absolute atomic E-state index is 13.4. The summed E-state index contributed by atoms with van der Waals surface area (Å²) in [6, 6.07) is 6.02. The quantitative estimate of drug-likeness (QED) is 0.794. The third-order valence-electron chi connectivity index (χ3n) is 1.99. The van der Waals surface area contributed by atoms with Crippen molar-refractivity contribution in [2.75, 3.05) is 5.32 Å². The Hall–Kier alpha value is -0.850. The number of carbonyl (C=O) groups is 1. The summed E-state index contributed by atoms with van der Waals surface area (Å²) >= 11 is 8.59. The van der Waals surface area contributed by atoms with Gasteiger partial charge in [0.15, 0.2) is 0 Å². The van der Waals surface area contributed by atoms with E-state index in [0.29, 0.717) is 9.35 Å². The molecule has 1 N–H and O–H groups in total. The maximum Gasteiger partial charge on any atom is 0.265 e. The van der Waals surface area contributed by atoms with Gasteiger partial charge in [-0.1, -0.05) is 15.9 Å². The molecule has 0 aliphatic carbocycles. The molecule has 0 aliphatic heterocycles. The molecule has 1 amide bonds. The molecule has 1 heterocycles. The summed E-state index contributed by atoms with van der Waals surface area (Å²) in [7, 11) is 0. The third kappa shape index (κ3) is 3.08. The SMILES string of the molecule is O=C(Nc1cc(Br)ccc1F)c1cc(S)cs1. The Bertz CT molecular complexity index is 570. The molecular weight excluding hydrogens is 325 g/mol. The van der Waals surface area contributed by atoms with Gasteiger partial charge in [-0.15, -0.1) is 24.0 Å². The van der Waals surface area contributed by atoms with E-state index in [4.69, 9.17) is 0 Å². The number of thiol groups is 1. The van der Waals surface area contributed by atoms with E-state index in [1.54, 1.807) is 17.5 Å². The minimum atomic E-state index is -0.468. The average molecular weight is 332 g/mol. The van der Waals surface area contributed by atoms with Gasteiger partial charge in [0, 0.05) is 14.7 Å². The van der Waals surface area contributed by atoms with Crippen LogP contribution in [0, 0.1) is 5.82 Å². The lowest BCUT2D eigenvalue weighted by atomic mass is 10.3. The number of anilines is 1. The van der Waals surface area contributed by atoms with Crippen molar-refractivity contribution in [3.63, 3.8) is 0 Å². The average Bonchev–Trinajstić information content (AvgIpc) is 2.70. The summed E-state index contributed by atoms with van der Waals surface area (Å²) in [6.07, 6.45) is 0. The smallest absolute Gasteiger partial charge is 0.265 e. The van der Waals surface area contributed by atoms with Crippen LogP contribution in [0.4, 0.5) is 10.1 Å². The number of hydrogen-bond donors (Lipinski definition) is 2. The molecule has 1 aromatic heterocycles. The van der Waals surface area contributed by atoms with Crippen LogP contribution in [-0.2, 0) is 0 Å². The molecule has 88 valence electrons. The Morgan fingerprint density at radius 2 is 2.18 bits per heavy atom. The first-order valence-corrected chi connectivity index (χ1v) is 6.72. The van der Waals surface area contributed by atoms with Gasteiger partial charge in [-0.25, -0.2) is 4.39 Å². The number of hydrogen-bond acceptors (Lipinski definition) is 3. The molecule has 0 spiro atoms. The van der Waals surface area contributed by atoms with E-state index < -0.39 is 5.82 Å².